The maximum absolute atomic E-state index is 12.9. The minimum atomic E-state index is -0.259. The highest BCUT2D eigenvalue weighted by atomic mass is 19.1. The van der Waals surface area contributed by atoms with Gasteiger partial charge in [0.25, 0.3) is 0 Å². The van der Waals surface area contributed by atoms with E-state index in [1.165, 1.54) is 17.7 Å². The Bertz CT molecular complexity index is 580. The van der Waals surface area contributed by atoms with E-state index >= 15 is 0 Å². The summed E-state index contributed by atoms with van der Waals surface area (Å²) in [6.45, 7) is 2.56. The van der Waals surface area contributed by atoms with Gasteiger partial charge in [-0.25, -0.2) is 4.39 Å². The van der Waals surface area contributed by atoms with E-state index in [9.17, 15) is 9.18 Å². The molecule has 1 atom stereocenters. The van der Waals surface area contributed by atoms with Gasteiger partial charge in [-0.15, -0.1) is 0 Å². The van der Waals surface area contributed by atoms with E-state index in [0.29, 0.717) is 13.0 Å². The van der Waals surface area contributed by atoms with Crippen LogP contribution in [0.15, 0.2) is 54.6 Å². The molecule has 110 valence electrons. The smallest absolute Gasteiger partial charge is 0.223 e. The van der Waals surface area contributed by atoms with Gasteiger partial charge in [0.2, 0.25) is 5.91 Å². The van der Waals surface area contributed by atoms with Crippen LogP contribution in [0.4, 0.5) is 4.39 Å². The molecule has 2 aromatic rings. The highest BCUT2D eigenvalue weighted by molar-refractivity contribution is 5.76. The van der Waals surface area contributed by atoms with Crippen molar-refractivity contribution in [3.05, 3.63) is 71.5 Å². The number of hydrogen-bond donors (Lipinski definition) is 0. The van der Waals surface area contributed by atoms with Crippen molar-refractivity contribution in [1.29, 1.82) is 0 Å². The molecule has 0 aliphatic heterocycles. The Hall–Kier alpha value is -2.16. The van der Waals surface area contributed by atoms with Crippen LogP contribution in [0.1, 0.15) is 30.4 Å². The average Bonchev–Trinajstić information content (AvgIpc) is 2.50. The largest absolute Gasteiger partial charge is 0.341 e. The third-order valence-electron chi connectivity index (χ3n) is 3.61. The fourth-order valence-electron chi connectivity index (χ4n) is 2.27. The van der Waals surface area contributed by atoms with Crippen LogP contribution in [0.25, 0.3) is 0 Å². The normalized spacial score (nSPS) is 12.0. The van der Waals surface area contributed by atoms with Gasteiger partial charge in [0.1, 0.15) is 5.82 Å². The Morgan fingerprint density at radius 3 is 2.33 bits per heavy atom. The maximum Gasteiger partial charge on any atom is 0.223 e. The molecule has 0 radical (unpaired) electrons. The molecule has 2 rings (SSSR count). The Labute approximate surface area is 125 Å². The van der Waals surface area contributed by atoms with Gasteiger partial charge in [-0.2, -0.15) is 0 Å². The van der Waals surface area contributed by atoms with E-state index in [2.05, 4.69) is 6.92 Å². The number of rotatable bonds is 5. The molecule has 2 nitrogen and oxygen atoms in total. The second-order valence-corrected chi connectivity index (χ2v) is 5.39. The van der Waals surface area contributed by atoms with Crippen molar-refractivity contribution in [1.82, 2.24) is 4.90 Å². The van der Waals surface area contributed by atoms with Crippen LogP contribution in [0.3, 0.4) is 0 Å². The molecule has 0 heterocycles. The number of carbonyl (C=O) groups is 1. The number of carbonyl (C=O) groups excluding carboxylic acids is 1. The lowest BCUT2D eigenvalue weighted by Gasteiger charge is -2.20. The zero-order valence-electron chi connectivity index (χ0n) is 12.4. The van der Waals surface area contributed by atoms with Crippen LogP contribution in [0.5, 0.6) is 0 Å². The summed E-state index contributed by atoms with van der Waals surface area (Å²) >= 11 is 0. The van der Waals surface area contributed by atoms with Gasteiger partial charge in [0, 0.05) is 20.0 Å². The summed E-state index contributed by atoms with van der Waals surface area (Å²) in [5, 5.41) is 0. The maximum atomic E-state index is 12.9. The second-order valence-electron chi connectivity index (χ2n) is 5.39. The number of benzene rings is 2. The first-order chi connectivity index (χ1) is 10.1. The Morgan fingerprint density at radius 2 is 1.71 bits per heavy atom. The van der Waals surface area contributed by atoms with Crippen molar-refractivity contribution >= 4 is 5.91 Å². The Kier molecular flexibility index (Phi) is 5.09. The van der Waals surface area contributed by atoms with Crippen molar-refractivity contribution < 1.29 is 9.18 Å². The lowest BCUT2D eigenvalue weighted by Crippen LogP contribution is -2.27. The van der Waals surface area contributed by atoms with Crippen molar-refractivity contribution in [2.45, 2.75) is 25.8 Å². The molecule has 2 aromatic carbocycles. The average molecular weight is 285 g/mol. The molecule has 1 unspecified atom stereocenters. The number of amides is 1. The van der Waals surface area contributed by atoms with E-state index in [1.807, 2.05) is 30.3 Å². The van der Waals surface area contributed by atoms with Crippen LogP contribution in [-0.4, -0.2) is 17.9 Å². The molecule has 1 amide bonds. The van der Waals surface area contributed by atoms with Gasteiger partial charge in [0.05, 0.1) is 0 Å². The second kappa shape index (κ2) is 7.02. The summed E-state index contributed by atoms with van der Waals surface area (Å²) in [6, 6.07) is 16.3. The van der Waals surface area contributed by atoms with Crippen LogP contribution in [0, 0.1) is 5.82 Å². The quantitative estimate of drug-likeness (QED) is 0.813. The molecule has 21 heavy (non-hydrogen) atoms. The monoisotopic (exact) mass is 285 g/mol. The van der Waals surface area contributed by atoms with Gasteiger partial charge < -0.3 is 4.90 Å². The molecular weight excluding hydrogens is 265 g/mol. The lowest BCUT2D eigenvalue weighted by molar-refractivity contribution is -0.130. The fourth-order valence-corrected chi connectivity index (χ4v) is 2.27. The summed E-state index contributed by atoms with van der Waals surface area (Å²) < 4.78 is 12.9. The fraction of sp³-hybridized carbons (Fsp3) is 0.278. The third kappa shape index (κ3) is 4.42. The first-order valence-electron chi connectivity index (χ1n) is 7.09. The van der Waals surface area contributed by atoms with Crippen LogP contribution in [-0.2, 0) is 11.3 Å². The highest BCUT2D eigenvalue weighted by Crippen LogP contribution is 2.19. The van der Waals surface area contributed by atoms with Gasteiger partial charge >= 0.3 is 0 Å². The predicted molar refractivity (Wildman–Crippen MR) is 82.3 cm³/mol. The van der Waals surface area contributed by atoms with Crippen molar-refractivity contribution in [3.63, 3.8) is 0 Å². The van der Waals surface area contributed by atoms with Gasteiger partial charge in [0.15, 0.2) is 0 Å². The van der Waals surface area contributed by atoms with Crippen molar-refractivity contribution in [2.75, 3.05) is 7.05 Å². The van der Waals surface area contributed by atoms with Gasteiger partial charge in [-0.1, -0.05) is 49.4 Å². The van der Waals surface area contributed by atoms with E-state index in [4.69, 9.17) is 0 Å². The molecule has 0 bridgehead atoms. The lowest BCUT2D eigenvalue weighted by atomic mass is 9.97. The number of hydrogen-bond acceptors (Lipinski definition) is 1. The summed E-state index contributed by atoms with van der Waals surface area (Å²) in [4.78, 5) is 13.9. The summed E-state index contributed by atoms with van der Waals surface area (Å²) in [5.74, 6) is 0.0236. The predicted octanol–water partition coefficient (Wildman–Crippen LogP) is 3.98. The van der Waals surface area contributed by atoms with E-state index in [0.717, 1.165) is 5.56 Å². The van der Waals surface area contributed by atoms with Crippen LogP contribution in [0.2, 0.25) is 0 Å². The van der Waals surface area contributed by atoms with Gasteiger partial charge in [-0.05, 0) is 29.2 Å². The topological polar surface area (TPSA) is 20.3 Å². The molecular formula is C18H20FNO. The van der Waals surface area contributed by atoms with Gasteiger partial charge in [-0.3, -0.25) is 4.79 Å². The van der Waals surface area contributed by atoms with Crippen molar-refractivity contribution in [2.24, 2.45) is 0 Å². The molecule has 0 saturated heterocycles. The standard InChI is InChI=1S/C18H20FNO/c1-14(16-6-4-3-5-7-16)12-18(21)20(2)13-15-8-10-17(19)11-9-15/h3-11,14H,12-13H2,1-2H3. The molecule has 0 aliphatic rings. The Balaban J connectivity index is 1.92. The van der Waals surface area contributed by atoms with E-state index < -0.39 is 0 Å². The molecule has 3 heteroatoms. The first-order valence-corrected chi connectivity index (χ1v) is 7.09. The van der Waals surface area contributed by atoms with Crippen LogP contribution >= 0.6 is 0 Å². The molecule has 0 spiro atoms. The third-order valence-corrected chi connectivity index (χ3v) is 3.61. The summed E-state index contributed by atoms with van der Waals surface area (Å²) in [6.07, 6.45) is 0.474. The zero-order chi connectivity index (χ0) is 15.2. The SMILES string of the molecule is CC(CC(=O)N(C)Cc1ccc(F)cc1)c1ccccc1. The summed E-state index contributed by atoms with van der Waals surface area (Å²) in [7, 11) is 1.78. The summed E-state index contributed by atoms with van der Waals surface area (Å²) in [5.41, 5.74) is 2.10. The molecule has 0 fully saturated rings. The van der Waals surface area contributed by atoms with Crippen molar-refractivity contribution in [3.8, 4) is 0 Å². The minimum absolute atomic E-state index is 0.0932. The zero-order valence-corrected chi connectivity index (χ0v) is 12.4. The molecule has 0 saturated carbocycles. The number of halogens is 1. The Morgan fingerprint density at radius 1 is 1.10 bits per heavy atom. The highest BCUT2D eigenvalue weighted by Gasteiger charge is 2.15. The van der Waals surface area contributed by atoms with E-state index in [1.54, 1.807) is 24.1 Å². The molecule has 0 N–H and O–H groups in total. The first kappa shape index (κ1) is 15.2. The van der Waals surface area contributed by atoms with Crippen LogP contribution < -0.4 is 0 Å². The molecule has 0 aromatic heterocycles. The number of nitrogens with zero attached hydrogens (tertiary/aromatic N) is 1. The van der Waals surface area contributed by atoms with E-state index in [-0.39, 0.29) is 17.6 Å². The minimum Gasteiger partial charge on any atom is -0.341 e. The molecule has 0 aliphatic carbocycles.